The quantitative estimate of drug-likeness (QED) is 0.112. The van der Waals surface area contributed by atoms with Crippen LogP contribution < -0.4 is 39.4 Å². The largest absolute Gasteiger partial charge is 1.00 e. The van der Waals surface area contributed by atoms with Crippen LogP contribution in [-0.4, -0.2) is 11.1 Å². The minimum Gasteiger partial charge on any atom is -0.871 e. The molecule has 2 aliphatic rings. The van der Waals surface area contributed by atoms with Crippen molar-refractivity contribution < 1.29 is 54.0 Å². The Morgan fingerprint density at radius 2 is 1.38 bits per heavy atom. The summed E-state index contributed by atoms with van der Waals surface area (Å²) < 4.78 is 13.8. The molecule has 14 heteroatoms. The van der Waals surface area contributed by atoms with Crippen LogP contribution in [0.2, 0.25) is 20.1 Å². The average Bonchev–Trinajstić information content (AvgIpc) is 3.08. The van der Waals surface area contributed by atoms with Gasteiger partial charge in [-0.1, -0.05) is 52.2 Å². The molecule has 0 saturated carbocycles. The van der Waals surface area contributed by atoms with Crippen molar-refractivity contribution in [3.8, 4) is 23.0 Å². The molecule has 5 rings (SSSR count). The maximum atomic E-state index is 13.2. The van der Waals surface area contributed by atoms with Crippen LogP contribution in [0, 0.1) is 14.3 Å². The maximum absolute atomic E-state index is 13.2. The number of rotatable bonds is 0. The van der Waals surface area contributed by atoms with E-state index >= 15 is 0 Å². The summed E-state index contributed by atoms with van der Waals surface area (Å²) in [4.78, 5) is 13.2. The van der Waals surface area contributed by atoms with Gasteiger partial charge in [0.2, 0.25) is 0 Å². The molecule has 5 nitrogen and oxygen atoms in total. The average molecular weight is 996 g/mol. The smallest absolute Gasteiger partial charge is 0.871 e. The molecule has 1 atom stereocenters. The van der Waals surface area contributed by atoms with Gasteiger partial charge < -0.3 is 19.7 Å². The minimum absolute atomic E-state index is 0. The summed E-state index contributed by atoms with van der Waals surface area (Å²) >= 11 is 33.5. The molecule has 0 fully saturated rings. The number of carbonyl (C=O) groups excluding carboxylic acids is 1. The molecule has 170 valence electrons. The maximum Gasteiger partial charge on any atom is 1.00 e. The molecule has 1 spiro atoms. The van der Waals surface area contributed by atoms with Crippen molar-refractivity contribution in [3.05, 3.63) is 68.8 Å². The fourth-order valence-electron chi connectivity index (χ4n) is 3.92. The van der Waals surface area contributed by atoms with Gasteiger partial charge in [-0.2, -0.15) is 0 Å². The molecule has 0 amide bonds. The van der Waals surface area contributed by atoms with Crippen LogP contribution in [-0.2, 0) is 10.3 Å². The summed E-state index contributed by atoms with van der Waals surface area (Å²) in [5, 5.41) is 23.1. The Morgan fingerprint density at radius 3 is 2.00 bits per heavy atom. The molecule has 2 aliphatic heterocycles. The zero-order valence-corrected chi connectivity index (χ0v) is 29.9. The molecule has 3 aromatic carbocycles. The van der Waals surface area contributed by atoms with Gasteiger partial charge in [0.15, 0.2) is 11.4 Å². The number of hydrogen-bond acceptors (Lipinski definition) is 5. The molecule has 1 N–H and O–H groups in total. The van der Waals surface area contributed by atoms with Gasteiger partial charge in [-0.05, 0) is 102 Å². The first kappa shape index (κ1) is 28.6. The Morgan fingerprint density at radius 1 is 0.853 bits per heavy atom. The van der Waals surface area contributed by atoms with Crippen LogP contribution in [0.5, 0.6) is 23.0 Å². The number of carbonyl (C=O) groups is 1. The Hall–Kier alpha value is 1.61. The summed E-state index contributed by atoms with van der Waals surface area (Å²) in [5.41, 5.74) is -0.698. The van der Waals surface area contributed by atoms with E-state index < -0.39 is 11.6 Å². The first-order valence-corrected chi connectivity index (χ1v) is 14.4. The molecule has 34 heavy (non-hydrogen) atoms. The fourth-order valence-corrected chi connectivity index (χ4v) is 8.56. The van der Waals surface area contributed by atoms with Gasteiger partial charge in [-0.15, -0.1) is 0 Å². The minimum atomic E-state index is -1.65. The summed E-state index contributed by atoms with van der Waals surface area (Å²) in [6.07, 6.45) is 0. The molecule has 0 bridgehead atoms. The van der Waals surface area contributed by atoms with E-state index in [0.717, 1.165) is 0 Å². The molecule has 3 aromatic rings. The topological polar surface area (TPSA) is 78.8 Å². The normalized spacial score (nSPS) is 17.5. The molecular weight excluding hydrogens is 993 g/mol. The van der Waals surface area contributed by atoms with Crippen LogP contribution in [0.15, 0.2) is 12.1 Å². The molecule has 0 aromatic heterocycles. The number of esters is 1. The van der Waals surface area contributed by atoms with E-state index in [1.165, 1.54) is 0 Å². The van der Waals surface area contributed by atoms with Gasteiger partial charge in [0.05, 0.1) is 38.4 Å². The van der Waals surface area contributed by atoms with Crippen LogP contribution >= 0.6 is 137 Å². The van der Waals surface area contributed by atoms with E-state index in [1.807, 2.05) is 90.4 Å². The number of phenolic OH excluding ortho intramolecular Hbond substituents is 1. The SMILES string of the molecule is O=C1OC2(c3cc(I)c([O-])c(I)c3Oc3c2cc(I)c(O)c3I)c2c(Cl)c(Cl)c(Cl)c(Cl)c21.[Na+]. The van der Waals surface area contributed by atoms with E-state index in [1.54, 1.807) is 12.1 Å². The van der Waals surface area contributed by atoms with Gasteiger partial charge >= 0.3 is 35.5 Å². The van der Waals surface area contributed by atoms with Crippen molar-refractivity contribution in [2.45, 2.75) is 5.60 Å². The Labute approximate surface area is 289 Å². The number of aromatic hydroxyl groups is 1. The molecule has 1 unspecified atom stereocenters. The van der Waals surface area contributed by atoms with Crippen molar-refractivity contribution in [1.82, 2.24) is 0 Å². The number of ether oxygens (including phenoxy) is 2. The van der Waals surface area contributed by atoms with Crippen molar-refractivity contribution in [1.29, 1.82) is 0 Å². The van der Waals surface area contributed by atoms with Crippen LogP contribution in [0.25, 0.3) is 0 Å². The standard InChI is InChI=1S/C20H4Cl4I4O5.Na/c21-9-7-8(10(22)12(24)11(9)23)20(33-19(7)31)3-1-5(25)15(29)13(27)17(3)32-18-4(20)2-6(26)16(30)14(18)28;/h1-2,29-30H;/q;+1/p-1. The number of benzene rings is 3. The van der Waals surface area contributed by atoms with Crippen LogP contribution in [0.1, 0.15) is 27.0 Å². The Bertz CT molecular complexity index is 1400. The van der Waals surface area contributed by atoms with Crippen LogP contribution in [0.3, 0.4) is 0 Å². The third-order valence-corrected chi connectivity index (χ3v) is 10.7. The van der Waals surface area contributed by atoms with E-state index in [2.05, 4.69) is 0 Å². The van der Waals surface area contributed by atoms with Crippen molar-refractivity contribution in [2.24, 2.45) is 0 Å². The second kappa shape index (κ2) is 9.97. The first-order chi connectivity index (χ1) is 15.4. The van der Waals surface area contributed by atoms with Crippen LogP contribution in [0.4, 0.5) is 0 Å². The molecule has 0 radical (unpaired) electrons. The second-order valence-electron chi connectivity index (χ2n) is 6.95. The van der Waals surface area contributed by atoms with E-state index in [0.29, 0.717) is 21.8 Å². The van der Waals surface area contributed by atoms with E-state index in [-0.39, 0.29) is 87.3 Å². The number of fused-ring (bicyclic) bond motifs is 6. The van der Waals surface area contributed by atoms with Gasteiger partial charge in [-0.3, -0.25) is 0 Å². The zero-order valence-electron chi connectivity index (χ0n) is 16.3. The predicted octanol–water partition coefficient (Wildman–Crippen LogP) is 5.07. The first-order valence-electron chi connectivity index (χ1n) is 8.61. The molecule has 0 aliphatic carbocycles. The van der Waals surface area contributed by atoms with E-state index in [9.17, 15) is 15.0 Å². The van der Waals surface area contributed by atoms with Gasteiger partial charge in [-0.25, -0.2) is 4.79 Å². The van der Waals surface area contributed by atoms with Gasteiger partial charge in [0, 0.05) is 18.3 Å². The zero-order chi connectivity index (χ0) is 24.1. The Balaban J connectivity index is 0.00000274. The summed E-state index contributed by atoms with van der Waals surface area (Å²) in [6.45, 7) is 0. The molecular formula is C20H3Cl4I4NaO5. The molecule has 0 saturated heterocycles. The fraction of sp³-hybridized carbons (Fsp3) is 0.0500. The van der Waals surface area contributed by atoms with Crippen molar-refractivity contribution in [3.63, 3.8) is 0 Å². The Kier molecular flexibility index (Phi) is 8.39. The third kappa shape index (κ3) is 3.83. The van der Waals surface area contributed by atoms with Gasteiger partial charge in [0.1, 0.15) is 11.5 Å². The van der Waals surface area contributed by atoms with Crippen molar-refractivity contribution in [2.75, 3.05) is 0 Å². The number of phenols is 1. The number of hydrogen-bond donors (Lipinski definition) is 1. The van der Waals surface area contributed by atoms with Crippen molar-refractivity contribution >= 4 is 143 Å². The second-order valence-corrected chi connectivity index (χ2v) is 12.9. The van der Waals surface area contributed by atoms with Gasteiger partial charge in [0.25, 0.3) is 0 Å². The number of halogens is 8. The van der Waals surface area contributed by atoms with E-state index in [4.69, 9.17) is 55.9 Å². The third-order valence-electron chi connectivity index (χ3n) is 5.31. The molecule has 2 heterocycles. The summed E-state index contributed by atoms with van der Waals surface area (Å²) in [5.74, 6) is -0.617. The summed E-state index contributed by atoms with van der Waals surface area (Å²) in [7, 11) is 0. The summed E-state index contributed by atoms with van der Waals surface area (Å²) in [6, 6.07) is 3.22. The monoisotopic (exact) mass is 993 g/mol. The predicted molar refractivity (Wildman–Crippen MR) is 157 cm³/mol.